The fourth-order valence-corrected chi connectivity index (χ4v) is 3.49. The number of hydrogen-bond acceptors (Lipinski definition) is 4. The number of urea groups is 1. The van der Waals surface area contributed by atoms with Gasteiger partial charge in [0.25, 0.3) is 0 Å². The largest absolute Gasteiger partial charge is 0.491 e. The Morgan fingerprint density at radius 2 is 2.07 bits per heavy atom. The molecule has 1 N–H and O–H groups in total. The fourth-order valence-electron chi connectivity index (χ4n) is 3.49. The van der Waals surface area contributed by atoms with Crippen molar-refractivity contribution in [3.05, 3.63) is 29.3 Å². The first-order valence-corrected chi connectivity index (χ1v) is 10.1. The van der Waals surface area contributed by atoms with Crippen LogP contribution in [0, 0.1) is 5.92 Å². The Morgan fingerprint density at radius 3 is 2.81 bits per heavy atom. The van der Waals surface area contributed by atoms with Crippen molar-refractivity contribution in [1.29, 1.82) is 0 Å². The first kappa shape index (κ1) is 20.0. The summed E-state index contributed by atoms with van der Waals surface area (Å²) in [6.07, 6.45) is 0.991. The second-order valence-electron chi connectivity index (χ2n) is 8.03. The lowest BCUT2D eigenvalue weighted by Gasteiger charge is -2.27. The van der Waals surface area contributed by atoms with E-state index in [1.165, 1.54) is 5.56 Å². The van der Waals surface area contributed by atoms with E-state index >= 15 is 0 Å². The molecule has 150 valence electrons. The van der Waals surface area contributed by atoms with Crippen LogP contribution in [0.2, 0.25) is 0 Å². The fraction of sp³-hybridized carbons (Fsp3) is 0.667. The minimum atomic E-state index is -0.00168. The minimum absolute atomic E-state index is 0.00168. The van der Waals surface area contributed by atoms with Crippen LogP contribution in [0.15, 0.2) is 18.2 Å². The van der Waals surface area contributed by atoms with E-state index in [1.54, 1.807) is 0 Å². The van der Waals surface area contributed by atoms with Gasteiger partial charge in [0.15, 0.2) is 0 Å². The van der Waals surface area contributed by atoms with Crippen molar-refractivity contribution in [2.45, 2.75) is 46.3 Å². The summed E-state index contributed by atoms with van der Waals surface area (Å²) in [5.74, 6) is 1.48. The SMILES string of the molecule is CC(C)CCNC(=O)N1Cc2cc(CN3CCOCC3)ccc2OC[C@@H]1C. The molecule has 6 heteroatoms. The molecule has 6 nitrogen and oxygen atoms in total. The van der Waals surface area contributed by atoms with Crippen molar-refractivity contribution in [1.82, 2.24) is 15.1 Å². The summed E-state index contributed by atoms with van der Waals surface area (Å²) in [6.45, 7) is 12.6. The standard InChI is InChI=1S/C21H33N3O3/c1-16(2)6-7-22-21(25)24-14-19-12-18(13-23-8-10-26-11-9-23)4-5-20(19)27-15-17(24)3/h4-5,12,16-17H,6-11,13-15H2,1-3H3,(H,22,25)/t17-/m0/s1. The van der Waals surface area contributed by atoms with Gasteiger partial charge in [0.1, 0.15) is 12.4 Å². The summed E-state index contributed by atoms with van der Waals surface area (Å²) in [6, 6.07) is 6.42. The molecule has 0 aliphatic carbocycles. The van der Waals surface area contributed by atoms with E-state index in [2.05, 4.69) is 42.3 Å². The van der Waals surface area contributed by atoms with Gasteiger partial charge in [-0.05, 0) is 37.0 Å². The molecule has 0 aromatic heterocycles. The van der Waals surface area contributed by atoms with Gasteiger partial charge in [0.05, 0.1) is 25.8 Å². The highest BCUT2D eigenvalue weighted by Gasteiger charge is 2.26. The van der Waals surface area contributed by atoms with E-state index in [9.17, 15) is 4.79 Å². The average Bonchev–Trinajstić information content (AvgIpc) is 2.81. The highest BCUT2D eigenvalue weighted by Crippen LogP contribution is 2.27. The second-order valence-corrected chi connectivity index (χ2v) is 8.03. The summed E-state index contributed by atoms with van der Waals surface area (Å²) in [5.41, 5.74) is 2.35. The van der Waals surface area contributed by atoms with Crippen molar-refractivity contribution in [3.63, 3.8) is 0 Å². The number of ether oxygens (including phenoxy) is 2. The smallest absolute Gasteiger partial charge is 0.318 e. The molecule has 27 heavy (non-hydrogen) atoms. The molecule has 1 atom stereocenters. The number of carbonyl (C=O) groups excluding carboxylic acids is 1. The third kappa shape index (κ3) is 5.59. The number of fused-ring (bicyclic) bond motifs is 1. The number of nitrogens with zero attached hydrogens (tertiary/aromatic N) is 2. The van der Waals surface area contributed by atoms with Crippen LogP contribution < -0.4 is 10.1 Å². The molecule has 1 fully saturated rings. The van der Waals surface area contributed by atoms with Crippen LogP contribution in [0.25, 0.3) is 0 Å². The van der Waals surface area contributed by atoms with Gasteiger partial charge in [-0.1, -0.05) is 19.9 Å². The number of hydrogen-bond donors (Lipinski definition) is 1. The van der Waals surface area contributed by atoms with Gasteiger partial charge in [-0.2, -0.15) is 0 Å². The zero-order valence-corrected chi connectivity index (χ0v) is 16.9. The highest BCUT2D eigenvalue weighted by molar-refractivity contribution is 5.74. The normalized spacial score (nSPS) is 20.7. The van der Waals surface area contributed by atoms with Crippen LogP contribution in [0.5, 0.6) is 5.75 Å². The van der Waals surface area contributed by atoms with Gasteiger partial charge < -0.3 is 19.7 Å². The summed E-state index contributed by atoms with van der Waals surface area (Å²) in [7, 11) is 0. The summed E-state index contributed by atoms with van der Waals surface area (Å²) >= 11 is 0. The van der Waals surface area contributed by atoms with Crippen molar-refractivity contribution < 1.29 is 14.3 Å². The molecule has 1 saturated heterocycles. The van der Waals surface area contributed by atoms with E-state index in [0.717, 1.165) is 50.6 Å². The summed E-state index contributed by atoms with van der Waals surface area (Å²) < 4.78 is 11.4. The lowest BCUT2D eigenvalue weighted by atomic mass is 10.1. The number of benzene rings is 1. The van der Waals surface area contributed by atoms with Gasteiger partial charge in [0.2, 0.25) is 0 Å². The second kappa shape index (κ2) is 9.42. The maximum absolute atomic E-state index is 12.7. The van der Waals surface area contributed by atoms with Gasteiger partial charge in [0, 0.05) is 31.7 Å². The molecule has 1 aromatic carbocycles. The van der Waals surface area contributed by atoms with Crippen LogP contribution in [-0.4, -0.2) is 61.3 Å². The van der Waals surface area contributed by atoms with Crippen molar-refractivity contribution >= 4 is 6.03 Å². The quantitative estimate of drug-likeness (QED) is 0.860. The highest BCUT2D eigenvalue weighted by atomic mass is 16.5. The van der Waals surface area contributed by atoms with Crippen LogP contribution in [-0.2, 0) is 17.8 Å². The third-order valence-corrected chi connectivity index (χ3v) is 5.25. The zero-order chi connectivity index (χ0) is 19.2. The average molecular weight is 376 g/mol. The van der Waals surface area contributed by atoms with E-state index in [1.807, 2.05) is 11.8 Å². The van der Waals surface area contributed by atoms with E-state index in [4.69, 9.17) is 9.47 Å². The Morgan fingerprint density at radius 1 is 1.30 bits per heavy atom. The maximum atomic E-state index is 12.7. The molecule has 2 aliphatic rings. The number of rotatable bonds is 5. The van der Waals surface area contributed by atoms with Crippen LogP contribution in [0.3, 0.4) is 0 Å². The first-order valence-electron chi connectivity index (χ1n) is 10.1. The molecule has 2 aliphatic heterocycles. The Labute approximate surface area is 162 Å². The molecule has 3 rings (SSSR count). The predicted molar refractivity (Wildman–Crippen MR) is 106 cm³/mol. The lowest BCUT2D eigenvalue weighted by Crippen LogP contribution is -2.46. The molecule has 2 amide bonds. The molecule has 1 aromatic rings. The first-order chi connectivity index (χ1) is 13.0. The monoisotopic (exact) mass is 375 g/mol. The van der Waals surface area contributed by atoms with Gasteiger partial charge in [-0.15, -0.1) is 0 Å². The number of amides is 2. The van der Waals surface area contributed by atoms with Crippen LogP contribution in [0.4, 0.5) is 4.79 Å². The summed E-state index contributed by atoms with van der Waals surface area (Å²) in [4.78, 5) is 17.0. The van der Waals surface area contributed by atoms with Crippen LogP contribution in [0.1, 0.15) is 38.3 Å². The zero-order valence-electron chi connectivity index (χ0n) is 16.9. The molecule has 0 spiro atoms. The van der Waals surface area contributed by atoms with E-state index < -0.39 is 0 Å². The number of carbonyl (C=O) groups is 1. The third-order valence-electron chi connectivity index (χ3n) is 5.25. The molecule has 2 heterocycles. The minimum Gasteiger partial charge on any atom is -0.491 e. The number of nitrogens with one attached hydrogen (secondary N) is 1. The molecule has 0 bridgehead atoms. The predicted octanol–water partition coefficient (Wildman–Crippen LogP) is 2.86. The Balaban J connectivity index is 1.66. The molecular formula is C21H33N3O3. The topological polar surface area (TPSA) is 54.0 Å². The van der Waals surface area contributed by atoms with Crippen LogP contribution >= 0.6 is 0 Å². The van der Waals surface area contributed by atoms with Crippen molar-refractivity contribution in [3.8, 4) is 5.75 Å². The van der Waals surface area contributed by atoms with Gasteiger partial charge in [-0.25, -0.2) is 4.79 Å². The van der Waals surface area contributed by atoms with Crippen molar-refractivity contribution in [2.24, 2.45) is 5.92 Å². The summed E-state index contributed by atoms with van der Waals surface area (Å²) in [5, 5.41) is 3.06. The number of morpholine rings is 1. The Bertz CT molecular complexity index is 629. The van der Waals surface area contributed by atoms with E-state index in [-0.39, 0.29) is 12.1 Å². The Hall–Kier alpha value is -1.79. The van der Waals surface area contributed by atoms with Gasteiger partial charge >= 0.3 is 6.03 Å². The maximum Gasteiger partial charge on any atom is 0.318 e. The Kier molecular flexibility index (Phi) is 6.96. The molecular weight excluding hydrogens is 342 g/mol. The van der Waals surface area contributed by atoms with E-state index in [0.29, 0.717) is 25.6 Å². The lowest BCUT2D eigenvalue weighted by molar-refractivity contribution is 0.0342. The van der Waals surface area contributed by atoms with Crippen molar-refractivity contribution in [2.75, 3.05) is 39.5 Å². The molecule has 0 saturated carbocycles. The molecule has 0 radical (unpaired) electrons. The van der Waals surface area contributed by atoms with Gasteiger partial charge in [-0.3, -0.25) is 4.90 Å². The molecule has 0 unspecified atom stereocenters.